The van der Waals surface area contributed by atoms with Crippen molar-refractivity contribution in [3.05, 3.63) is 32.2 Å². The van der Waals surface area contributed by atoms with E-state index in [4.69, 9.17) is 0 Å². The molecule has 3 aromatic rings. The summed E-state index contributed by atoms with van der Waals surface area (Å²) < 4.78 is 1.74. The SMILES string of the molecule is Cc1nn(C)c(C)c1NC(=O)[C@H](C)Sc1nc2sc3c(c2c(=O)[nH]1)CCCC3. The van der Waals surface area contributed by atoms with Gasteiger partial charge in [0, 0.05) is 11.9 Å². The van der Waals surface area contributed by atoms with Crippen molar-refractivity contribution in [1.29, 1.82) is 0 Å². The van der Waals surface area contributed by atoms with Gasteiger partial charge in [0.05, 0.1) is 27.7 Å². The van der Waals surface area contributed by atoms with Gasteiger partial charge in [-0.2, -0.15) is 5.10 Å². The number of thioether (sulfide) groups is 1. The van der Waals surface area contributed by atoms with Gasteiger partial charge in [-0.05, 0) is 52.0 Å². The minimum atomic E-state index is -0.408. The van der Waals surface area contributed by atoms with E-state index in [-0.39, 0.29) is 11.5 Å². The van der Waals surface area contributed by atoms with Gasteiger partial charge in [-0.25, -0.2) is 4.98 Å². The lowest BCUT2D eigenvalue weighted by molar-refractivity contribution is -0.115. The molecule has 0 unspecified atom stereocenters. The Bertz CT molecular complexity index is 1130. The molecule has 0 saturated carbocycles. The van der Waals surface area contributed by atoms with Gasteiger partial charge in [-0.1, -0.05) is 11.8 Å². The predicted molar refractivity (Wildman–Crippen MR) is 114 cm³/mol. The minimum Gasteiger partial charge on any atom is -0.322 e. The van der Waals surface area contributed by atoms with Crippen LogP contribution in [0.3, 0.4) is 0 Å². The standard InChI is InChI=1S/C19H23N5O2S2/c1-9-15(10(2)24(4)23-9)20-16(25)11(3)27-19-21-17(26)14-12-7-5-6-8-13(12)28-18(14)22-19/h11H,5-8H2,1-4H3,(H,20,25)(H,21,22,26)/t11-/m0/s1. The Kier molecular flexibility index (Phi) is 5.05. The highest BCUT2D eigenvalue weighted by atomic mass is 32.2. The molecule has 0 spiro atoms. The zero-order valence-electron chi connectivity index (χ0n) is 16.4. The molecule has 148 valence electrons. The van der Waals surface area contributed by atoms with Gasteiger partial charge in [0.15, 0.2) is 5.16 Å². The number of anilines is 1. The van der Waals surface area contributed by atoms with Crippen molar-refractivity contribution in [3.8, 4) is 0 Å². The molecule has 0 aromatic carbocycles. The second-order valence-electron chi connectivity index (χ2n) is 7.18. The van der Waals surface area contributed by atoms with Crippen molar-refractivity contribution in [1.82, 2.24) is 19.7 Å². The summed E-state index contributed by atoms with van der Waals surface area (Å²) in [5.41, 5.74) is 3.49. The smallest absolute Gasteiger partial charge is 0.260 e. The lowest BCUT2D eigenvalue weighted by atomic mass is 9.97. The maximum Gasteiger partial charge on any atom is 0.260 e. The number of aromatic amines is 1. The molecule has 0 fully saturated rings. The molecule has 9 heteroatoms. The number of hydrogen-bond acceptors (Lipinski definition) is 6. The number of aryl methyl sites for hydroxylation is 4. The Morgan fingerprint density at radius 1 is 1.32 bits per heavy atom. The number of aromatic nitrogens is 4. The van der Waals surface area contributed by atoms with Crippen LogP contribution in [-0.2, 0) is 24.7 Å². The molecule has 4 rings (SSSR count). The van der Waals surface area contributed by atoms with E-state index in [1.165, 1.54) is 28.6 Å². The molecule has 1 atom stereocenters. The second kappa shape index (κ2) is 7.36. The molecule has 7 nitrogen and oxygen atoms in total. The van der Waals surface area contributed by atoms with Crippen LogP contribution in [0.1, 0.15) is 41.6 Å². The third-order valence-corrected chi connectivity index (χ3v) is 7.39. The topological polar surface area (TPSA) is 92.7 Å². The van der Waals surface area contributed by atoms with Crippen LogP contribution in [0.4, 0.5) is 5.69 Å². The number of carbonyl (C=O) groups excluding carboxylic acids is 1. The van der Waals surface area contributed by atoms with Gasteiger partial charge in [-0.3, -0.25) is 14.3 Å². The van der Waals surface area contributed by atoms with Crippen LogP contribution >= 0.6 is 23.1 Å². The van der Waals surface area contributed by atoms with Crippen molar-refractivity contribution in [2.24, 2.45) is 7.05 Å². The zero-order valence-corrected chi connectivity index (χ0v) is 18.0. The maximum atomic E-state index is 12.7. The lowest BCUT2D eigenvalue weighted by Crippen LogP contribution is -2.24. The Morgan fingerprint density at radius 3 is 2.79 bits per heavy atom. The first-order valence-corrected chi connectivity index (χ1v) is 11.1. The number of fused-ring (bicyclic) bond motifs is 3. The molecule has 1 amide bonds. The van der Waals surface area contributed by atoms with E-state index in [1.807, 2.05) is 27.8 Å². The summed E-state index contributed by atoms with van der Waals surface area (Å²) in [6.45, 7) is 5.59. The summed E-state index contributed by atoms with van der Waals surface area (Å²) in [7, 11) is 1.85. The maximum absolute atomic E-state index is 12.7. The van der Waals surface area contributed by atoms with Gasteiger partial charge in [0.1, 0.15) is 4.83 Å². The van der Waals surface area contributed by atoms with Crippen LogP contribution in [0.5, 0.6) is 0 Å². The Balaban J connectivity index is 1.55. The third-order valence-electron chi connectivity index (χ3n) is 5.22. The molecular formula is C19H23N5O2S2. The summed E-state index contributed by atoms with van der Waals surface area (Å²) in [6, 6.07) is 0. The van der Waals surface area contributed by atoms with E-state index in [1.54, 1.807) is 16.0 Å². The van der Waals surface area contributed by atoms with E-state index in [9.17, 15) is 9.59 Å². The molecule has 0 aliphatic heterocycles. The highest BCUT2D eigenvalue weighted by molar-refractivity contribution is 8.00. The number of nitrogens with one attached hydrogen (secondary N) is 2. The first-order chi connectivity index (χ1) is 13.3. The Morgan fingerprint density at radius 2 is 2.07 bits per heavy atom. The van der Waals surface area contributed by atoms with Crippen molar-refractivity contribution >= 4 is 44.9 Å². The van der Waals surface area contributed by atoms with Gasteiger partial charge in [0.25, 0.3) is 5.56 Å². The van der Waals surface area contributed by atoms with Gasteiger partial charge in [0.2, 0.25) is 5.91 Å². The van der Waals surface area contributed by atoms with E-state index < -0.39 is 5.25 Å². The third kappa shape index (κ3) is 3.37. The van der Waals surface area contributed by atoms with E-state index >= 15 is 0 Å². The molecule has 1 aliphatic carbocycles. The van der Waals surface area contributed by atoms with Crippen LogP contribution in [0.15, 0.2) is 9.95 Å². The fourth-order valence-electron chi connectivity index (χ4n) is 3.60. The number of rotatable bonds is 4. The van der Waals surface area contributed by atoms with Crippen molar-refractivity contribution in [2.45, 2.75) is 56.9 Å². The average molecular weight is 418 g/mol. The normalized spacial score (nSPS) is 14.9. The fourth-order valence-corrected chi connectivity index (χ4v) is 5.72. The molecule has 28 heavy (non-hydrogen) atoms. The number of hydrogen-bond donors (Lipinski definition) is 2. The molecule has 3 aromatic heterocycles. The van der Waals surface area contributed by atoms with Crippen LogP contribution in [0.2, 0.25) is 0 Å². The first kappa shape index (κ1) is 19.2. The first-order valence-electron chi connectivity index (χ1n) is 9.37. The van der Waals surface area contributed by atoms with Crippen molar-refractivity contribution < 1.29 is 4.79 Å². The molecule has 2 N–H and O–H groups in total. The number of nitrogens with zero attached hydrogens (tertiary/aromatic N) is 3. The molecule has 1 aliphatic rings. The summed E-state index contributed by atoms with van der Waals surface area (Å²) in [5, 5.41) is 8.09. The largest absolute Gasteiger partial charge is 0.322 e. The monoisotopic (exact) mass is 417 g/mol. The van der Waals surface area contributed by atoms with E-state index in [0.717, 1.165) is 46.6 Å². The lowest BCUT2D eigenvalue weighted by Gasteiger charge is -2.12. The van der Waals surface area contributed by atoms with Gasteiger partial charge in [-0.15, -0.1) is 11.3 Å². The summed E-state index contributed by atoms with van der Waals surface area (Å²) in [4.78, 5) is 34.9. The summed E-state index contributed by atoms with van der Waals surface area (Å²) in [6.07, 6.45) is 4.28. The van der Waals surface area contributed by atoms with Crippen molar-refractivity contribution in [2.75, 3.05) is 5.32 Å². The van der Waals surface area contributed by atoms with E-state index in [2.05, 4.69) is 20.4 Å². The van der Waals surface area contributed by atoms with Crippen LogP contribution in [0, 0.1) is 13.8 Å². The Labute approximate surface area is 170 Å². The highest BCUT2D eigenvalue weighted by Crippen LogP contribution is 2.34. The molecular weight excluding hydrogens is 394 g/mol. The van der Waals surface area contributed by atoms with E-state index in [0.29, 0.717) is 5.16 Å². The number of amides is 1. The van der Waals surface area contributed by atoms with Gasteiger partial charge < -0.3 is 10.3 Å². The Hall–Kier alpha value is -2.13. The second-order valence-corrected chi connectivity index (χ2v) is 9.59. The molecule has 0 radical (unpaired) electrons. The van der Waals surface area contributed by atoms with Crippen LogP contribution in [-0.4, -0.2) is 30.9 Å². The van der Waals surface area contributed by atoms with Crippen LogP contribution < -0.4 is 10.9 Å². The summed E-state index contributed by atoms with van der Waals surface area (Å²) in [5.74, 6) is -0.141. The zero-order chi connectivity index (χ0) is 20.0. The molecule has 3 heterocycles. The minimum absolute atomic E-state index is 0.0987. The molecule has 0 saturated heterocycles. The highest BCUT2D eigenvalue weighted by Gasteiger charge is 2.22. The average Bonchev–Trinajstić information content (AvgIpc) is 3.13. The predicted octanol–water partition coefficient (Wildman–Crippen LogP) is 3.33. The van der Waals surface area contributed by atoms with Crippen molar-refractivity contribution in [3.63, 3.8) is 0 Å². The fraction of sp³-hybridized carbons (Fsp3) is 0.474. The number of H-pyrrole nitrogens is 1. The summed E-state index contributed by atoms with van der Waals surface area (Å²) >= 11 is 2.88. The quantitative estimate of drug-likeness (QED) is 0.502. The number of thiophene rings is 1. The van der Waals surface area contributed by atoms with Crippen LogP contribution in [0.25, 0.3) is 10.2 Å². The van der Waals surface area contributed by atoms with Gasteiger partial charge >= 0.3 is 0 Å². The molecule has 0 bridgehead atoms. The number of carbonyl (C=O) groups is 1.